The molecule has 1 aliphatic rings. The number of nitrogens with zero attached hydrogens (tertiary/aromatic N) is 5. The Balaban J connectivity index is 2.19. The van der Waals surface area contributed by atoms with E-state index in [0.29, 0.717) is 6.92 Å². The molecule has 3 heterocycles. The van der Waals surface area contributed by atoms with Crippen LogP contribution in [0.3, 0.4) is 0 Å². The first kappa shape index (κ1) is 16.9. The van der Waals surface area contributed by atoms with Crippen molar-refractivity contribution in [3.63, 3.8) is 0 Å². The molecule has 2 atom stereocenters. The second kappa shape index (κ2) is 4.78. The molecule has 0 aromatic carbocycles. The van der Waals surface area contributed by atoms with Gasteiger partial charge in [-0.3, -0.25) is 0 Å². The number of hydrogen-bond donors (Lipinski definition) is 1. The monoisotopic (exact) mass is 347 g/mol. The molecular weight excluding hydrogens is 330 g/mol. The molecule has 0 radical (unpaired) electrons. The van der Waals surface area contributed by atoms with Gasteiger partial charge in [0.05, 0.1) is 12.2 Å². The molecule has 0 saturated heterocycles. The topological polar surface area (TPSA) is 68.8 Å². The lowest BCUT2D eigenvalue weighted by molar-refractivity contribution is -0.262. The Kier molecular flexibility index (Phi) is 3.36. The van der Waals surface area contributed by atoms with Gasteiger partial charge in [0, 0.05) is 6.54 Å². The molecule has 1 aliphatic heterocycles. The molecule has 0 amide bonds. The molecule has 0 bridgehead atoms. The second-order valence-corrected chi connectivity index (χ2v) is 6.69. The van der Waals surface area contributed by atoms with Crippen LogP contribution in [0.2, 0.25) is 0 Å². The number of alkyl halides is 4. The number of hydrogen-bond acceptors (Lipinski definition) is 4. The van der Waals surface area contributed by atoms with Crippen molar-refractivity contribution in [1.29, 1.82) is 0 Å². The van der Waals surface area contributed by atoms with Crippen LogP contribution in [-0.2, 0) is 17.8 Å². The molecule has 0 saturated carbocycles. The van der Waals surface area contributed by atoms with E-state index in [-0.39, 0.29) is 23.9 Å². The van der Waals surface area contributed by atoms with E-state index in [1.807, 2.05) is 0 Å². The molecule has 0 spiro atoms. The van der Waals surface area contributed by atoms with Crippen molar-refractivity contribution in [2.75, 3.05) is 0 Å². The number of aromatic nitrogens is 5. The third-order valence-corrected chi connectivity index (χ3v) is 4.18. The van der Waals surface area contributed by atoms with Crippen molar-refractivity contribution in [2.24, 2.45) is 0 Å². The molecule has 10 heteroatoms. The molecule has 132 valence electrons. The van der Waals surface area contributed by atoms with E-state index in [9.17, 15) is 22.7 Å². The predicted molar refractivity (Wildman–Crippen MR) is 75.7 cm³/mol. The third-order valence-electron chi connectivity index (χ3n) is 4.18. The Bertz CT molecular complexity index is 784. The molecule has 1 unspecified atom stereocenters. The molecule has 0 fully saturated rings. The highest BCUT2D eigenvalue weighted by atomic mass is 19.4. The maximum Gasteiger partial charge on any atom is 0.424 e. The highest BCUT2D eigenvalue weighted by Gasteiger charge is 2.55. The van der Waals surface area contributed by atoms with Crippen molar-refractivity contribution in [1.82, 2.24) is 24.3 Å². The maximum absolute atomic E-state index is 14.3. The van der Waals surface area contributed by atoms with Gasteiger partial charge in [0.1, 0.15) is 5.69 Å². The van der Waals surface area contributed by atoms with Crippen molar-refractivity contribution in [2.45, 2.75) is 57.7 Å². The number of imidazole rings is 1. The van der Waals surface area contributed by atoms with Gasteiger partial charge in [-0.1, -0.05) is 0 Å². The number of rotatable bonds is 2. The van der Waals surface area contributed by atoms with Crippen molar-refractivity contribution < 1.29 is 22.7 Å². The number of halogens is 4. The normalized spacial score (nSPS) is 20.5. The molecular formula is C14H17F4N5O. The highest BCUT2D eigenvalue weighted by Crippen LogP contribution is 2.42. The lowest BCUT2D eigenvalue weighted by atomic mass is 10.0. The predicted octanol–water partition coefficient (Wildman–Crippen LogP) is 2.69. The lowest BCUT2D eigenvalue weighted by Gasteiger charge is -2.32. The van der Waals surface area contributed by atoms with Gasteiger partial charge in [0.2, 0.25) is 5.60 Å². The van der Waals surface area contributed by atoms with Crippen molar-refractivity contribution in [3.8, 4) is 11.5 Å². The summed E-state index contributed by atoms with van der Waals surface area (Å²) in [6.45, 7) is 5.17. The summed E-state index contributed by atoms with van der Waals surface area (Å²) in [5, 5.41) is 17.7. The summed E-state index contributed by atoms with van der Waals surface area (Å²) < 4.78 is 56.6. The smallest absolute Gasteiger partial charge is 0.374 e. The van der Waals surface area contributed by atoms with Crippen LogP contribution in [-0.4, -0.2) is 35.6 Å². The van der Waals surface area contributed by atoms with Crippen LogP contribution in [0.1, 0.15) is 45.4 Å². The summed E-state index contributed by atoms with van der Waals surface area (Å²) >= 11 is 0. The minimum absolute atomic E-state index is 0.0981. The summed E-state index contributed by atoms with van der Waals surface area (Å²) in [6, 6.07) is -0.490. The van der Waals surface area contributed by atoms with Crippen LogP contribution < -0.4 is 0 Å². The molecule has 0 aliphatic carbocycles. The van der Waals surface area contributed by atoms with Crippen LogP contribution in [0.4, 0.5) is 17.6 Å². The summed E-state index contributed by atoms with van der Waals surface area (Å²) in [6.07, 6.45) is -3.69. The second-order valence-electron chi connectivity index (χ2n) is 6.69. The molecule has 2 aromatic heterocycles. The average molecular weight is 347 g/mol. The number of fused-ring (bicyclic) bond motifs is 3. The first-order valence-electron chi connectivity index (χ1n) is 7.35. The largest absolute Gasteiger partial charge is 0.424 e. The van der Waals surface area contributed by atoms with E-state index >= 15 is 0 Å². The Hall–Kier alpha value is -1.97. The van der Waals surface area contributed by atoms with Gasteiger partial charge >= 0.3 is 6.18 Å². The molecule has 2 aromatic rings. The lowest BCUT2D eigenvalue weighted by Crippen LogP contribution is -2.42. The Morgan fingerprint density at radius 3 is 2.29 bits per heavy atom. The summed E-state index contributed by atoms with van der Waals surface area (Å²) in [5.74, 6) is -0.195. The van der Waals surface area contributed by atoms with E-state index in [1.54, 1.807) is 6.92 Å². The molecule has 3 rings (SSSR count). The Morgan fingerprint density at radius 1 is 1.12 bits per heavy atom. The first-order valence-corrected chi connectivity index (χ1v) is 7.35. The molecule has 24 heavy (non-hydrogen) atoms. The maximum atomic E-state index is 14.3. The van der Waals surface area contributed by atoms with Crippen LogP contribution in [0.25, 0.3) is 11.5 Å². The zero-order valence-corrected chi connectivity index (χ0v) is 13.6. The fraction of sp³-hybridized carbons (Fsp3) is 0.643. The Morgan fingerprint density at radius 2 is 1.75 bits per heavy atom. The average Bonchev–Trinajstić information content (AvgIpc) is 2.99. The van der Waals surface area contributed by atoms with Crippen LogP contribution in [0.5, 0.6) is 0 Å². The summed E-state index contributed by atoms with van der Waals surface area (Å²) in [5.41, 5.74) is -4.59. The minimum atomic E-state index is -4.88. The van der Waals surface area contributed by atoms with Gasteiger partial charge in [-0.15, -0.1) is 10.2 Å². The van der Waals surface area contributed by atoms with E-state index in [4.69, 9.17) is 0 Å². The van der Waals surface area contributed by atoms with Crippen LogP contribution in [0, 0.1) is 0 Å². The summed E-state index contributed by atoms with van der Waals surface area (Å²) in [4.78, 5) is 3.77. The Labute approximate surface area is 135 Å². The van der Waals surface area contributed by atoms with E-state index in [2.05, 4.69) is 15.2 Å². The highest BCUT2D eigenvalue weighted by molar-refractivity contribution is 5.52. The number of aliphatic hydroxyl groups is 1. The zero-order valence-electron chi connectivity index (χ0n) is 13.6. The van der Waals surface area contributed by atoms with E-state index < -0.39 is 29.3 Å². The minimum Gasteiger partial charge on any atom is -0.374 e. The van der Waals surface area contributed by atoms with Gasteiger partial charge in [0.25, 0.3) is 0 Å². The fourth-order valence-corrected chi connectivity index (χ4v) is 2.91. The molecule has 1 N–H and O–H groups in total. The fourth-order valence-electron chi connectivity index (χ4n) is 2.91. The SMILES string of the molecule is C[C@H]1Cn2c(nnc2C(C)(C)F)-c2cnc(C(C)(O)C(F)(F)F)n21. The van der Waals surface area contributed by atoms with Gasteiger partial charge < -0.3 is 14.2 Å². The van der Waals surface area contributed by atoms with Gasteiger partial charge in [-0.25, -0.2) is 9.37 Å². The standard InChI is InChI=1S/C14H17F4N5O/c1-7-6-22-9(20-21-10(22)12(2,3)15)8-5-19-11(23(7)8)13(4,24)14(16,17)18/h5,7,24H,6H2,1-4H3/t7-,13?/m0/s1. The third kappa shape index (κ3) is 2.23. The molecule has 6 nitrogen and oxygen atoms in total. The van der Waals surface area contributed by atoms with Crippen molar-refractivity contribution in [3.05, 3.63) is 17.8 Å². The van der Waals surface area contributed by atoms with E-state index in [1.165, 1.54) is 29.2 Å². The zero-order chi connectivity index (χ0) is 18.1. The van der Waals surface area contributed by atoms with E-state index in [0.717, 1.165) is 0 Å². The van der Waals surface area contributed by atoms with Gasteiger partial charge in [-0.2, -0.15) is 13.2 Å². The van der Waals surface area contributed by atoms with Gasteiger partial charge in [-0.05, 0) is 27.7 Å². The summed E-state index contributed by atoms with van der Waals surface area (Å²) in [7, 11) is 0. The van der Waals surface area contributed by atoms with Crippen LogP contribution in [0.15, 0.2) is 6.20 Å². The van der Waals surface area contributed by atoms with Gasteiger partial charge in [0.15, 0.2) is 23.1 Å². The van der Waals surface area contributed by atoms with Crippen molar-refractivity contribution >= 4 is 0 Å². The first-order chi connectivity index (χ1) is 10.9. The quantitative estimate of drug-likeness (QED) is 0.848. The van der Waals surface area contributed by atoms with Crippen LogP contribution >= 0.6 is 0 Å².